The summed E-state index contributed by atoms with van der Waals surface area (Å²) >= 11 is 0. The van der Waals surface area contributed by atoms with Crippen LogP contribution in [0.1, 0.15) is 32.3 Å². The number of guanidine groups is 1. The van der Waals surface area contributed by atoms with Crippen molar-refractivity contribution in [1.82, 2.24) is 5.32 Å². The lowest BCUT2D eigenvalue weighted by molar-refractivity contribution is 0.136. The van der Waals surface area contributed by atoms with Crippen LogP contribution in [-0.2, 0) is 11.2 Å². The average Bonchev–Trinajstić information content (AvgIpc) is 2.47. The van der Waals surface area contributed by atoms with E-state index in [1.807, 2.05) is 6.07 Å². The Balaban J connectivity index is 0.00000441. The number of aliphatic imine (C=N–C) groups is 1. The minimum absolute atomic E-state index is 0. The Morgan fingerprint density at radius 3 is 2.64 bits per heavy atom. The molecule has 0 saturated heterocycles. The van der Waals surface area contributed by atoms with Gasteiger partial charge in [-0.3, -0.25) is 4.99 Å². The Morgan fingerprint density at radius 2 is 1.95 bits per heavy atom. The van der Waals surface area contributed by atoms with E-state index in [2.05, 4.69) is 48.4 Å². The molecule has 0 amide bonds. The van der Waals surface area contributed by atoms with Gasteiger partial charge in [0.05, 0.1) is 6.61 Å². The first kappa shape index (κ1) is 21.2. The minimum Gasteiger partial charge on any atom is -0.381 e. The van der Waals surface area contributed by atoms with E-state index in [4.69, 9.17) is 10.5 Å². The van der Waals surface area contributed by atoms with Crippen LogP contribution in [0.5, 0.6) is 0 Å². The molecule has 0 unspecified atom stereocenters. The van der Waals surface area contributed by atoms with Crippen molar-refractivity contribution in [3.05, 3.63) is 35.9 Å². The smallest absolute Gasteiger partial charge is 0.188 e. The molecule has 4 nitrogen and oxygen atoms in total. The van der Waals surface area contributed by atoms with Crippen LogP contribution in [0.25, 0.3) is 0 Å². The maximum Gasteiger partial charge on any atom is 0.188 e. The van der Waals surface area contributed by atoms with E-state index in [1.54, 1.807) is 0 Å². The average molecular weight is 419 g/mol. The summed E-state index contributed by atoms with van der Waals surface area (Å²) in [6, 6.07) is 10.4. The highest BCUT2D eigenvalue weighted by Gasteiger charge is 1.95. The number of halogens is 1. The molecular formula is C17H30IN3O. The normalized spacial score (nSPS) is 11.3. The molecule has 0 aromatic heterocycles. The summed E-state index contributed by atoms with van der Waals surface area (Å²) < 4.78 is 5.60. The van der Waals surface area contributed by atoms with Crippen LogP contribution >= 0.6 is 24.0 Å². The molecule has 3 N–H and O–H groups in total. The van der Waals surface area contributed by atoms with Crippen LogP contribution in [0.3, 0.4) is 0 Å². The lowest BCUT2D eigenvalue weighted by Crippen LogP contribution is -2.33. The first-order valence-electron chi connectivity index (χ1n) is 7.84. The predicted octanol–water partition coefficient (Wildman–Crippen LogP) is 3.20. The predicted molar refractivity (Wildman–Crippen MR) is 105 cm³/mol. The summed E-state index contributed by atoms with van der Waals surface area (Å²) in [7, 11) is 0. The van der Waals surface area contributed by atoms with Crippen LogP contribution in [0.15, 0.2) is 35.3 Å². The molecular weight excluding hydrogens is 389 g/mol. The first-order chi connectivity index (χ1) is 10.2. The van der Waals surface area contributed by atoms with E-state index in [1.165, 1.54) is 5.56 Å². The molecule has 0 aliphatic carbocycles. The van der Waals surface area contributed by atoms with Crippen molar-refractivity contribution in [3.8, 4) is 0 Å². The van der Waals surface area contributed by atoms with E-state index in [-0.39, 0.29) is 24.0 Å². The van der Waals surface area contributed by atoms with Gasteiger partial charge >= 0.3 is 0 Å². The molecule has 5 heteroatoms. The van der Waals surface area contributed by atoms with Crippen molar-refractivity contribution in [2.24, 2.45) is 16.6 Å². The van der Waals surface area contributed by atoms with Crippen molar-refractivity contribution < 1.29 is 4.74 Å². The Labute approximate surface area is 151 Å². The van der Waals surface area contributed by atoms with Crippen LogP contribution in [0.2, 0.25) is 0 Å². The summed E-state index contributed by atoms with van der Waals surface area (Å²) in [5.41, 5.74) is 7.09. The van der Waals surface area contributed by atoms with Gasteiger partial charge in [0.15, 0.2) is 5.96 Å². The van der Waals surface area contributed by atoms with Crippen molar-refractivity contribution in [3.63, 3.8) is 0 Å². The molecule has 1 rings (SSSR count). The summed E-state index contributed by atoms with van der Waals surface area (Å²) in [5, 5.41) is 3.12. The maximum atomic E-state index is 5.77. The number of hydrogen-bond donors (Lipinski definition) is 2. The number of rotatable bonds is 10. The third-order valence-electron chi connectivity index (χ3n) is 3.13. The number of hydrogen-bond acceptors (Lipinski definition) is 2. The van der Waals surface area contributed by atoms with Crippen LogP contribution in [0.4, 0.5) is 0 Å². The number of ether oxygens (including phenoxy) is 1. The summed E-state index contributed by atoms with van der Waals surface area (Å²) in [4.78, 5) is 4.28. The van der Waals surface area contributed by atoms with E-state index in [0.29, 0.717) is 18.4 Å². The molecule has 0 bridgehead atoms. The van der Waals surface area contributed by atoms with Crippen molar-refractivity contribution in [1.29, 1.82) is 0 Å². The van der Waals surface area contributed by atoms with E-state index in [0.717, 1.165) is 39.0 Å². The molecule has 0 aliphatic heterocycles. The highest BCUT2D eigenvalue weighted by atomic mass is 127. The molecule has 0 fully saturated rings. The highest BCUT2D eigenvalue weighted by molar-refractivity contribution is 14.0. The molecule has 0 aliphatic rings. The van der Waals surface area contributed by atoms with E-state index >= 15 is 0 Å². The van der Waals surface area contributed by atoms with Crippen LogP contribution in [0, 0.1) is 5.92 Å². The van der Waals surface area contributed by atoms with E-state index in [9.17, 15) is 0 Å². The van der Waals surface area contributed by atoms with Gasteiger partial charge in [-0.2, -0.15) is 0 Å². The number of benzene rings is 1. The first-order valence-corrected chi connectivity index (χ1v) is 7.84. The van der Waals surface area contributed by atoms with Gasteiger partial charge in [-0.15, -0.1) is 24.0 Å². The fourth-order valence-corrected chi connectivity index (χ4v) is 1.85. The molecule has 0 radical (unpaired) electrons. The highest BCUT2D eigenvalue weighted by Crippen LogP contribution is 1.99. The SMILES string of the molecule is CC(C)CCNC(N)=NCCCOCCc1ccccc1.I. The molecule has 0 saturated carbocycles. The third-order valence-corrected chi connectivity index (χ3v) is 3.13. The lowest BCUT2D eigenvalue weighted by Gasteiger charge is -2.07. The molecule has 22 heavy (non-hydrogen) atoms. The Hall–Kier alpha value is -0.820. The van der Waals surface area contributed by atoms with Gasteiger partial charge < -0.3 is 15.8 Å². The molecule has 126 valence electrons. The lowest BCUT2D eigenvalue weighted by atomic mass is 10.1. The van der Waals surface area contributed by atoms with Gasteiger partial charge in [-0.05, 0) is 30.7 Å². The largest absolute Gasteiger partial charge is 0.381 e. The van der Waals surface area contributed by atoms with Crippen molar-refractivity contribution in [2.45, 2.75) is 33.1 Å². The second-order valence-electron chi connectivity index (χ2n) is 5.58. The fourth-order valence-electron chi connectivity index (χ4n) is 1.85. The molecule has 0 heterocycles. The monoisotopic (exact) mass is 419 g/mol. The number of nitrogens with one attached hydrogen (secondary N) is 1. The van der Waals surface area contributed by atoms with E-state index < -0.39 is 0 Å². The third kappa shape index (κ3) is 11.8. The van der Waals surface area contributed by atoms with Gasteiger partial charge in [0.25, 0.3) is 0 Å². The second kappa shape index (κ2) is 13.8. The quantitative estimate of drug-likeness (QED) is 0.265. The van der Waals surface area contributed by atoms with Crippen LogP contribution in [-0.4, -0.2) is 32.3 Å². The molecule has 1 aromatic carbocycles. The van der Waals surface area contributed by atoms with Gasteiger partial charge in [0.1, 0.15) is 0 Å². The molecule has 1 aromatic rings. The standard InChI is InChI=1S/C17H29N3O.HI/c1-15(2)9-12-20-17(18)19-11-6-13-21-14-10-16-7-4-3-5-8-16;/h3-5,7-8,15H,6,9-14H2,1-2H3,(H3,18,19,20);1H. The zero-order valence-electron chi connectivity index (χ0n) is 13.8. The fraction of sp³-hybridized carbons (Fsp3) is 0.588. The zero-order valence-corrected chi connectivity index (χ0v) is 16.1. The number of nitrogens with zero attached hydrogens (tertiary/aromatic N) is 1. The Morgan fingerprint density at radius 1 is 1.23 bits per heavy atom. The zero-order chi connectivity index (χ0) is 15.3. The molecule has 0 atom stereocenters. The van der Waals surface area contributed by atoms with Crippen LogP contribution < -0.4 is 11.1 Å². The second-order valence-corrected chi connectivity index (χ2v) is 5.58. The van der Waals surface area contributed by atoms with Gasteiger partial charge in [0, 0.05) is 19.7 Å². The minimum atomic E-state index is 0. The summed E-state index contributed by atoms with van der Waals surface area (Å²) in [6.07, 6.45) is 2.98. The van der Waals surface area contributed by atoms with Gasteiger partial charge in [0.2, 0.25) is 0 Å². The summed E-state index contributed by atoms with van der Waals surface area (Å²) in [6.45, 7) is 7.49. The van der Waals surface area contributed by atoms with Gasteiger partial charge in [-0.1, -0.05) is 44.2 Å². The topological polar surface area (TPSA) is 59.6 Å². The Kier molecular flexibility index (Phi) is 13.3. The number of nitrogens with two attached hydrogens (primary N) is 1. The van der Waals surface area contributed by atoms with Crippen molar-refractivity contribution in [2.75, 3.05) is 26.3 Å². The van der Waals surface area contributed by atoms with Crippen molar-refractivity contribution >= 4 is 29.9 Å². The maximum absolute atomic E-state index is 5.77. The Bertz CT molecular complexity index is 396. The summed E-state index contributed by atoms with van der Waals surface area (Å²) in [5.74, 6) is 1.23. The van der Waals surface area contributed by atoms with Gasteiger partial charge in [-0.25, -0.2) is 0 Å². The molecule has 0 spiro atoms.